The van der Waals surface area contributed by atoms with E-state index in [4.69, 9.17) is 39.5 Å². The summed E-state index contributed by atoms with van der Waals surface area (Å²) in [6, 6.07) is 10.9. The van der Waals surface area contributed by atoms with Crippen LogP contribution in [0.15, 0.2) is 48.7 Å². The Morgan fingerprint density at radius 3 is 2.40 bits per heavy atom. The Hall–Kier alpha value is -2.78. The van der Waals surface area contributed by atoms with Gasteiger partial charge in [-0.3, -0.25) is 0 Å². The third-order valence-electron chi connectivity index (χ3n) is 5.33. The molecule has 0 fully saturated rings. The molecule has 0 saturated carbocycles. The Balaban J connectivity index is 1.92. The third-order valence-corrected chi connectivity index (χ3v) is 6.40. The summed E-state index contributed by atoms with van der Waals surface area (Å²) < 4.78 is 5.23. The van der Waals surface area contributed by atoms with Crippen LogP contribution in [0.2, 0.25) is 15.1 Å². The fraction of sp³-hybridized carbons (Fsp3) is 0.292. The molecule has 35 heavy (non-hydrogen) atoms. The van der Waals surface area contributed by atoms with E-state index in [1.54, 1.807) is 57.4 Å². The average molecular weight is 539 g/mol. The quantitative estimate of drug-likeness (QED) is 0.301. The van der Waals surface area contributed by atoms with Gasteiger partial charge in [0.25, 0.3) is 0 Å². The lowest BCUT2D eigenvalue weighted by Gasteiger charge is -2.27. The highest BCUT2D eigenvalue weighted by Crippen LogP contribution is 2.30. The Kier molecular flexibility index (Phi) is 8.66. The summed E-state index contributed by atoms with van der Waals surface area (Å²) in [7, 11) is 1.56. The highest BCUT2D eigenvalue weighted by Gasteiger charge is 2.24. The van der Waals surface area contributed by atoms with Gasteiger partial charge < -0.3 is 20.5 Å². The number of nitrogens with zero attached hydrogens (tertiary/aromatic N) is 3. The lowest BCUT2D eigenvalue weighted by Crippen LogP contribution is -2.40. The summed E-state index contributed by atoms with van der Waals surface area (Å²) in [6.07, 6.45) is 1.53. The van der Waals surface area contributed by atoms with Crippen LogP contribution in [0.5, 0.6) is 5.75 Å². The molecule has 1 aromatic heterocycles. The van der Waals surface area contributed by atoms with Crippen molar-refractivity contribution in [2.75, 3.05) is 17.3 Å². The topological polar surface area (TPSA) is 99.6 Å². The summed E-state index contributed by atoms with van der Waals surface area (Å²) in [5, 5.41) is 17.2. The molecule has 186 valence electrons. The molecular weight excluding hydrogens is 513 g/mol. The van der Waals surface area contributed by atoms with Gasteiger partial charge in [0, 0.05) is 23.8 Å². The molecule has 1 heterocycles. The van der Waals surface area contributed by atoms with E-state index in [0.29, 0.717) is 37.9 Å². The molecule has 0 bridgehead atoms. The monoisotopic (exact) mass is 537 g/mol. The molecule has 3 aromatic rings. The second kappa shape index (κ2) is 11.3. The number of hydrogen-bond donors (Lipinski definition) is 3. The van der Waals surface area contributed by atoms with Crippen LogP contribution in [0.3, 0.4) is 0 Å². The summed E-state index contributed by atoms with van der Waals surface area (Å²) in [5.41, 5.74) is 0.141. The second-order valence-electron chi connectivity index (χ2n) is 8.31. The van der Waals surface area contributed by atoms with E-state index < -0.39 is 11.6 Å². The first kappa shape index (κ1) is 26.8. The minimum atomic E-state index is -1.01. The van der Waals surface area contributed by atoms with Gasteiger partial charge in [0.2, 0.25) is 5.95 Å². The first-order chi connectivity index (χ1) is 16.5. The van der Waals surface area contributed by atoms with Crippen LogP contribution in [0.4, 0.5) is 22.2 Å². The smallest absolute Gasteiger partial charge is 0.327 e. The lowest BCUT2D eigenvalue weighted by atomic mass is 10.0. The van der Waals surface area contributed by atoms with Gasteiger partial charge in [-0.15, -0.1) is 0 Å². The molecule has 3 rings (SSSR count). The Morgan fingerprint density at radius 1 is 1.11 bits per heavy atom. The number of aliphatic hydroxyl groups is 1. The lowest BCUT2D eigenvalue weighted by molar-refractivity contribution is 0.0646. The molecule has 2 aromatic carbocycles. The van der Waals surface area contributed by atoms with E-state index in [1.807, 2.05) is 6.92 Å². The van der Waals surface area contributed by atoms with Gasteiger partial charge in [0.1, 0.15) is 11.6 Å². The number of hydrogen-bond acceptors (Lipinski definition) is 6. The van der Waals surface area contributed by atoms with Crippen LogP contribution >= 0.6 is 34.8 Å². The minimum Gasteiger partial charge on any atom is -0.497 e. The first-order valence-corrected chi connectivity index (χ1v) is 11.8. The average Bonchev–Trinajstić information content (AvgIpc) is 2.81. The van der Waals surface area contributed by atoms with Gasteiger partial charge in [-0.1, -0.05) is 34.8 Å². The maximum absolute atomic E-state index is 13.4. The normalized spacial score (nSPS) is 12.1. The van der Waals surface area contributed by atoms with Crippen LogP contribution in [0, 0.1) is 0 Å². The molecule has 1 unspecified atom stereocenters. The number of anilines is 3. The summed E-state index contributed by atoms with van der Waals surface area (Å²) in [5.74, 6) is 1.21. The Morgan fingerprint density at radius 2 is 1.77 bits per heavy atom. The fourth-order valence-electron chi connectivity index (χ4n) is 2.95. The Labute approximate surface area is 219 Å². The number of halogens is 3. The van der Waals surface area contributed by atoms with Crippen LogP contribution in [0.25, 0.3) is 0 Å². The van der Waals surface area contributed by atoms with Gasteiger partial charge in [-0.2, -0.15) is 4.98 Å². The molecule has 0 aliphatic carbocycles. The standard InChI is InChI=1S/C24H26Cl3N5O3/c1-14(24(2,3)34)30-22-28-10-9-21(31-22)32(16-5-7-17(35-4)8-6-16)23(33)29-13-15-11-19(26)20(27)12-18(15)25/h5-12,14,34H,13H2,1-4H3,(H,29,33)(H,28,30,31). The SMILES string of the molecule is COc1ccc(N(C(=O)NCc2cc(Cl)c(Cl)cc2Cl)c2ccnc(NC(C)C(C)(C)O)n2)cc1. The zero-order valence-electron chi connectivity index (χ0n) is 19.6. The van der Waals surface area contributed by atoms with Crippen LogP contribution in [-0.2, 0) is 6.54 Å². The van der Waals surface area contributed by atoms with E-state index in [9.17, 15) is 9.90 Å². The fourth-order valence-corrected chi connectivity index (χ4v) is 3.58. The number of urea groups is 1. The molecule has 1 atom stereocenters. The van der Waals surface area contributed by atoms with Crippen molar-refractivity contribution in [3.05, 3.63) is 69.3 Å². The summed E-state index contributed by atoms with van der Waals surface area (Å²) in [6.45, 7) is 5.28. The number of carbonyl (C=O) groups excluding carboxylic acids is 1. The van der Waals surface area contributed by atoms with Crippen molar-refractivity contribution in [3.8, 4) is 5.75 Å². The highest BCUT2D eigenvalue weighted by molar-refractivity contribution is 6.43. The third kappa shape index (κ3) is 6.89. The molecule has 0 spiro atoms. The number of benzene rings is 2. The molecule has 0 aliphatic rings. The van der Waals surface area contributed by atoms with Crippen LogP contribution in [0.1, 0.15) is 26.3 Å². The molecule has 11 heteroatoms. The Bertz CT molecular complexity index is 1190. The molecule has 0 aliphatic heterocycles. The molecule has 0 saturated heterocycles. The first-order valence-electron chi connectivity index (χ1n) is 10.7. The predicted molar refractivity (Wildman–Crippen MR) is 140 cm³/mol. The number of nitrogens with one attached hydrogen (secondary N) is 2. The number of methoxy groups -OCH3 is 1. The number of rotatable bonds is 8. The van der Waals surface area contributed by atoms with Crippen LogP contribution in [-0.4, -0.2) is 39.9 Å². The van der Waals surface area contributed by atoms with Crippen molar-refractivity contribution in [2.24, 2.45) is 0 Å². The van der Waals surface area contributed by atoms with E-state index in [0.717, 1.165) is 0 Å². The van der Waals surface area contributed by atoms with Crippen LogP contribution < -0.4 is 20.3 Å². The summed E-state index contributed by atoms with van der Waals surface area (Å²) in [4.78, 5) is 23.5. The van der Waals surface area contributed by atoms with E-state index >= 15 is 0 Å². The highest BCUT2D eigenvalue weighted by atomic mass is 35.5. The molecule has 0 radical (unpaired) electrons. The maximum Gasteiger partial charge on any atom is 0.327 e. The van der Waals surface area contributed by atoms with Gasteiger partial charge in [0.05, 0.1) is 34.5 Å². The molecule has 3 N–H and O–H groups in total. The summed E-state index contributed by atoms with van der Waals surface area (Å²) >= 11 is 18.4. The minimum absolute atomic E-state index is 0.104. The van der Waals surface area contributed by atoms with E-state index in [-0.39, 0.29) is 18.5 Å². The van der Waals surface area contributed by atoms with Gasteiger partial charge in [0.15, 0.2) is 0 Å². The van der Waals surface area contributed by atoms with E-state index in [1.165, 1.54) is 17.2 Å². The van der Waals surface area contributed by atoms with Gasteiger partial charge in [-0.25, -0.2) is 14.7 Å². The molecular formula is C24H26Cl3N5O3. The zero-order valence-corrected chi connectivity index (χ0v) is 21.9. The van der Waals surface area contributed by atoms with E-state index in [2.05, 4.69) is 20.6 Å². The zero-order chi connectivity index (χ0) is 25.8. The van der Waals surface area contributed by atoms with Crippen molar-refractivity contribution in [2.45, 2.75) is 39.0 Å². The van der Waals surface area contributed by atoms with Crippen molar-refractivity contribution >= 4 is 58.3 Å². The predicted octanol–water partition coefficient (Wildman–Crippen LogP) is 6.06. The number of carbonyl (C=O) groups is 1. The number of aromatic nitrogens is 2. The number of ether oxygens (including phenoxy) is 1. The largest absolute Gasteiger partial charge is 0.497 e. The van der Waals surface area contributed by atoms with Gasteiger partial charge in [-0.05, 0) is 62.7 Å². The van der Waals surface area contributed by atoms with Crippen molar-refractivity contribution in [3.63, 3.8) is 0 Å². The van der Waals surface area contributed by atoms with Crippen molar-refractivity contribution < 1.29 is 14.6 Å². The van der Waals surface area contributed by atoms with Crippen molar-refractivity contribution in [1.82, 2.24) is 15.3 Å². The number of amides is 2. The van der Waals surface area contributed by atoms with Crippen molar-refractivity contribution in [1.29, 1.82) is 0 Å². The molecule has 2 amide bonds. The van der Waals surface area contributed by atoms with Gasteiger partial charge >= 0.3 is 6.03 Å². The second-order valence-corrected chi connectivity index (χ2v) is 9.53. The maximum atomic E-state index is 13.4. The molecule has 8 nitrogen and oxygen atoms in total.